The summed E-state index contributed by atoms with van der Waals surface area (Å²) in [5, 5.41) is 26.4. The van der Waals surface area contributed by atoms with Gasteiger partial charge in [0.1, 0.15) is 11.5 Å². The fraction of sp³-hybridized carbons (Fsp3) is 0.111. The fourth-order valence-corrected chi connectivity index (χ4v) is 0.949. The van der Waals surface area contributed by atoms with E-state index in [0.717, 1.165) is 18.2 Å². The molecule has 0 unspecified atom stereocenters. The van der Waals surface area contributed by atoms with E-state index in [0.29, 0.717) is 0 Å². The number of hydrogen-bond acceptors (Lipinski definition) is 5. The van der Waals surface area contributed by atoms with E-state index in [2.05, 4.69) is 4.84 Å². The van der Waals surface area contributed by atoms with Crippen molar-refractivity contribution in [1.29, 1.82) is 0 Å². The molecule has 4 N–H and O–H groups in total. The highest BCUT2D eigenvalue weighted by molar-refractivity contribution is 5.94. The molecule has 7 nitrogen and oxygen atoms in total. The Morgan fingerprint density at radius 3 is 2.25 bits per heavy atom. The average Bonchev–Trinajstić information content (AvgIpc) is 2.15. The van der Waals surface area contributed by atoms with Gasteiger partial charge in [0, 0.05) is 11.6 Å². The summed E-state index contributed by atoms with van der Waals surface area (Å²) in [5.74, 6) is -2.58. The maximum atomic E-state index is 11.3. The highest BCUT2D eigenvalue weighted by Gasteiger charge is 2.09. The van der Waals surface area contributed by atoms with Gasteiger partial charge >= 0.3 is 5.97 Å². The van der Waals surface area contributed by atoms with Crippen LogP contribution in [0.4, 0.5) is 0 Å². The van der Waals surface area contributed by atoms with Gasteiger partial charge in [-0.25, -0.2) is 10.3 Å². The molecule has 0 fully saturated rings. The number of hydrogen-bond donors (Lipinski definition) is 4. The van der Waals surface area contributed by atoms with E-state index in [-0.39, 0.29) is 17.1 Å². The predicted molar refractivity (Wildman–Crippen MR) is 50.8 cm³/mol. The summed E-state index contributed by atoms with van der Waals surface area (Å²) in [4.78, 5) is 25.7. The van der Waals surface area contributed by atoms with Gasteiger partial charge in [-0.3, -0.25) is 9.63 Å². The second-order valence-corrected chi connectivity index (χ2v) is 2.85. The molecule has 0 aliphatic rings. The molecule has 0 aliphatic heterocycles. The molecule has 0 saturated carbocycles. The van der Waals surface area contributed by atoms with Crippen molar-refractivity contribution in [1.82, 2.24) is 5.48 Å². The number of aromatic hydroxyl groups is 2. The number of aliphatic carboxylic acids is 1. The normalized spacial score (nSPS) is 9.75. The van der Waals surface area contributed by atoms with Crippen molar-refractivity contribution < 1.29 is 29.7 Å². The van der Waals surface area contributed by atoms with Crippen molar-refractivity contribution in [2.24, 2.45) is 0 Å². The number of carboxylic acids is 1. The minimum absolute atomic E-state index is 0.0529. The average molecular weight is 227 g/mol. The Morgan fingerprint density at radius 1 is 1.19 bits per heavy atom. The van der Waals surface area contributed by atoms with Crippen molar-refractivity contribution in [3.63, 3.8) is 0 Å². The van der Waals surface area contributed by atoms with Crippen LogP contribution >= 0.6 is 0 Å². The molecule has 0 heterocycles. The van der Waals surface area contributed by atoms with E-state index in [1.165, 1.54) is 0 Å². The lowest BCUT2D eigenvalue weighted by molar-refractivity contribution is -0.144. The molecule has 0 atom stereocenters. The van der Waals surface area contributed by atoms with Crippen LogP contribution in [0.1, 0.15) is 10.4 Å². The Morgan fingerprint density at radius 2 is 1.75 bits per heavy atom. The number of hydroxylamine groups is 1. The van der Waals surface area contributed by atoms with Crippen LogP contribution in [-0.2, 0) is 9.63 Å². The summed E-state index contributed by atoms with van der Waals surface area (Å²) in [5.41, 5.74) is 1.79. The number of rotatable bonds is 4. The van der Waals surface area contributed by atoms with Gasteiger partial charge in [-0.05, 0) is 12.1 Å². The van der Waals surface area contributed by atoms with E-state index in [1.54, 1.807) is 0 Å². The van der Waals surface area contributed by atoms with E-state index >= 15 is 0 Å². The maximum Gasteiger partial charge on any atom is 0.332 e. The zero-order valence-corrected chi connectivity index (χ0v) is 8.01. The minimum Gasteiger partial charge on any atom is -0.508 e. The molecule has 0 spiro atoms. The lowest BCUT2D eigenvalue weighted by Gasteiger charge is -2.04. The van der Waals surface area contributed by atoms with Crippen molar-refractivity contribution in [3.8, 4) is 11.5 Å². The van der Waals surface area contributed by atoms with E-state index in [1.807, 2.05) is 5.48 Å². The fourth-order valence-electron chi connectivity index (χ4n) is 0.949. The van der Waals surface area contributed by atoms with Crippen LogP contribution in [0.3, 0.4) is 0 Å². The summed E-state index contributed by atoms with van der Waals surface area (Å²) >= 11 is 0. The number of phenols is 2. The standard InChI is InChI=1S/C9H9NO6/c11-6-1-5(2-7(12)3-6)9(15)10-16-4-8(13)14/h1-3,11-12H,4H2,(H,10,15)(H,13,14). The summed E-state index contributed by atoms with van der Waals surface area (Å²) in [7, 11) is 0. The first-order valence-corrected chi connectivity index (χ1v) is 4.16. The third-order valence-corrected chi connectivity index (χ3v) is 1.53. The number of phenolic OH excluding ortho intramolecular Hbond substituents is 2. The lowest BCUT2D eigenvalue weighted by atomic mass is 10.2. The number of carbonyl (C=O) groups is 2. The Balaban J connectivity index is 2.62. The summed E-state index contributed by atoms with van der Waals surface area (Å²) in [6.07, 6.45) is 0. The third kappa shape index (κ3) is 3.46. The van der Waals surface area contributed by atoms with E-state index in [4.69, 9.17) is 15.3 Å². The highest BCUT2D eigenvalue weighted by Crippen LogP contribution is 2.20. The molecule has 1 aromatic rings. The Hall–Kier alpha value is -2.28. The molecular weight excluding hydrogens is 218 g/mol. The highest BCUT2D eigenvalue weighted by atomic mass is 16.7. The van der Waals surface area contributed by atoms with E-state index in [9.17, 15) is 9.59 Å². The molecular formula is C9H9NO6. The summed E-state index contributed by atoms with van der Waals surface area (Å²) < 4.78 is 0. The Bertz CT molecular complexity index is 396. The molecule has 86 valence electrons. The first-order chi connectivity index (χ1) is 7.49. The quantitative estimate of drug-likeness (QED) is 0.531. The van der Waals surface area contributed by atoms with Gasteiger partial charge in [0.2, 0.25) is 0 Å². The number of benzene rings is 1. The second-order valence-electron chi connectivity index (χ2n) is 2.85. The van der Waals surface area contributed by atoms with Crippen LogP contribution in [0.2, 0.25) is 0 Å². The van der Waals surface area contributed by atoms with Crippen LogP contribution in [0.25, 0.3) is 0 Å². The third-order valence-electron chi connectivity index (χ3n) is 1.53. The van der Waals surface area contributed by atoms with Crippen molar-refractivity contribution in [2.45, 2.75) is 0 Å². The zero-order valence-electron chi connectivity index (χ0n) is 8.01. The number of nitrogens with one attached hydrogen (secondary N) is 1. The van der Waals surface area contributed by atoms with Crippen LogP contribution in [0.5, 0.6) is 11.5 Å². The van der Waals surface area contributed by atoms with Crippen LogP contribution < -0.4 is 5.48 Å². The molecule has 1 rings (SSSR count). The number of amides is 1. The van der Waals surface area contributed by atoms with Crippen molar-refractivity contribution in [2.75, 3.05) is 6.61 Å². The Labute approximate surface area is 89.8 Å². The molecule has 16 heavy (non-hydrogen) atoms. The van der Waals surface area contributed by atoms with Crippen LogP contribution in [0.15, 0.2) is 18.2 Å². The molecule has 1 aromatic carbocycles. The van der Waals surface area contributed by atoms with Crippen molar-refractivity contribution in [3.05, 3.63) is 23.8 Å². The molecule has 0 aliphatic carbocycles. The molecule has 0 radical (unpaired) electrons. The maximum absolute atomic E-state index is 11.3. The summed E-state index contributed by atoms with van der Waals surface area (Å²) in [6, 6.07) is 3.24. The van der Waals surface area contributed by atoms with Gasteiger partial charge in [-0.2, -0.15) is 0 Å². The van der Waals surface area contributed by atoms with Crippen molar-refractivity contribution >= 4 is 11.9 Å². The molecule has 0 saturated heterocycles. The van der Waals surface area contributed by atoms with Gasteiger partial charge in [-0.15, -0.1) is 0 Å². The smallest absolute Gasteiger partial charge is 0.332 e. The minimum atomic E-state index is -1.24. The number of carboxylic acid groups (broad SMARTS) is 1. The zero-order chi connectivity index (χ0) is 12.1. The second kappa shape index (κ2) is 4.99. The van der Waals surface area contributed by atoms with Gasteiger partial charge in [0.05, 0.1) is 0 Å². The molecule has 1 amide bonds. The first kappa shape index (κ1) is 11.8. The van der Waals surface area contributed by atoms with Crippen LogP contribution in [0, 0.1) is 0 Å². The first-order valence-electron chi connectivity index (χ1n) is 4.16. The summed E-state index contributed by atoms with van der Waals surface area (Å²) in [6.45, 7) is -0.684. The molecule has 0 aromatic heterocycles. The topological polar surface area (TPSA) is 116 Å². The van der Waals surface area contributed by atoms with Gasteiger partial charge < -0.3 is 15.3 Å². The lowest BCUT2D eigenvalue weighted by Crippen LogP contribution is -2.26. The SMILES string of the molecule is O=C(O)CONC(=O)c1cc(O)cc(O)c1. The largest absolute Gasteiger partial charge is 0.508 e. The molecule has 0 bridgehead atoms. The van der Waals surface area contributed by atoms with Gasteiger partial charge in [0.25, 0.3) is 5.91 Å². The van der Waals surface area contributed by atoms with E-state index < -0.39 is 18.5 Å². The monoisotopic (exact) mass is 227 g/mol. The van der Waals surface area contributed by atoms with Crippen LogP contribution in [-0.4, -0.2) is 33.8 Å². The Kier molecular flexibility index (Phi) is 3.67. The van der Waals surface area contributed by atoms with Gasteiger partial charge in [0.15, 0.2) is 6.61 Å². The predicted octanol–water partition coefficient (Wildman–Crippen LogP) is -0.156. The molecule has 7 heteroatoms. The number of carbonyl (C=O) groups excluding carboxylic acids is 1. The van der Waals surface area contributed by atoms with Gasteiger partial charge in [-0.1, -0.05) is 0 Å².